The van der Waals surface area contributed by atoms with E-state index in [1.54, 1.807) is 24.3 Å². The van der Waals surface area contributed by atoms with Crippen LogP contribution in [0.25, 0.3) is 0 Å². The molecule has 4 heteroatoms. The van der Waals surface area contributed by atoms with Crippen molar-refractivity contribution in [1.82, 2.24) is 10.6 Å². The zero-order valence-corrected chi connectivity index (χ0v) is 16.9. The molecule has 0 fully saturated rings. The van der Waals surface area contributed by atoms with Crippen molar-refractivity contribution < 1.29 is 9.59 Å². The maximum atomic E-state index is 12.6. The maximum Gasteiger partial charge on any atom is 0.252 e. The predicted molar refractivity (Wildman–Crippen MR) is 109 cm³/mol. The summed E-state index contributed by atoms with van der Waals surface area (Å²) in [6.07, 6.45) is 8.82. The molecule has 0 spiro atoms. The fraction of sp³-hybridized carbons (Fsp3) is 0.636. The molecule has 146 valence electrons. The Kier molecular flexibility index (Phi) is 10.7. The summed E-state index contributed by atoms with van der Waals surface area (Å²) in [6, 6.07) is 7.28. The quantitative estimate of drug-likeness (QED) is 0.510. The van der Waals surface area contributed by atoms with Crippen molar-refractivity contribution in [2.24, 2.45) is 0 Å². The summed E-state index contributed by atoms with van der Waals surface area (Å²) in [5.41, 5.74) is 0.904. The van der Waals surface area contributed by atoms with Gasteiger partial charge in [-0.1, -0.05) is 64.5 Å². The summed E-state index contributed by atoms with van der Waals surface area (Å²) in [5, 5.41) is 6.05. The molecule has 0 aliphatic heterocycles. The van der Waals surface area contributed by atoms with E-state index in [1.165, 1.54) is 25.7 Å². The van der Waals surface area contributed by atoms with Gasteiger partial charge in [0.15, 0.2) is 0 Å². The molecule has 0 radical (unpaired) electrons. The normalized spacial score (nSPS) is 13.1. The number of amides is 2. The van der Waals surface area contributed by atoms with Crippen molar-refractivity contribution in [3.05, 3.63) is 35.4 Å². The molecule has 1 aromatic rings. The molecule has 0 bridgehead atoms. The van der Waals surface area contributed by atoms with Crippen LogP contribution in [0.5, 0.6) is 0 Å². The Balaban J connectivity index is 2.67. The van der Waals surface area contributed by atoms with E-state index in [4.69, 9.17) is 0 Å². The zero-order chi connectivity index (χ0) is 19.4. The largest absolute Gasteiger partial charge is 0.350 e. The number of hydrogen-bond acceptors (Lipinski definition) is 2. The lowest BCUT2D eigenvalue weighted by atomic mass is 10.0. The Morgan fingerprint density at radius 1 is 0.769 bits per heavy atom. The molecule has 0 aliphatic rings. The minimum atomic E-state index is -0.168. The first kappa shape index (κ1) is 22.2. The average molecular weight is 361 g/mol. The van der Waals surface area contributed by atoms with E-state index in [-0.39, 0.29) is 23.9 Å². The molecule has 2 amide bonds. The van der Waals surface area contributed by atoms with Gasteiger partial charge in [-0.2, -0.15) is 0 Å². The van der Waals surface area contributed by atoms with Gasteiger partial charge in [-0.3, -0.25) is 9.59 Å². The van der Waals surface area contributed by atoms with Gasteiger partial charge in [0.05, 0.1) is 11.1 Å². The second-order valence-corrected chi connectivity index (χ2v) is 7.29. The van der Waals surface area contributed by atoms with Gasteiger partial charge in [-0.05, 0) is 38.8 Å². The number of carbonyl (C=O) groups is 2. The third kappa shape index (κ3) is 8.03. The van der Waals surface area contributed by atoms with Gasteiger partial charge >= 0.3 is 0 Å². The van der Waals surface area contributed by atoms with Crippen LogP contribution in [-0.2, 0) is 0 Å². The number of unbranched alkanes of at least 4 members (excludes halogenated alkanes) is 4. The van der Waals surface area contributed by atoms with Gasteiger partial charge in [0, 0.05) is 12.1 Å². The second kappa shape index (κ2) is 12.5. The molecular weight excluding hydrogens is 324 g/mol. The minimum absolute atomic E-state index is 0.109. The van der Waals surface area contributed by atoms with E-state index in [0.29, 0.717) is 11.1 Å². The van der Waals surface area contributed by atoms with Crippen molar-refractivity contribution in [3.63, 3.8) is 0 Å². The summed E-state index contributed by atoms with van der Waals surface area (Å²) < 4.78 is 0. The molecule has 2 unspecified atom stereocenters. The molecule has 0 aliphatic carbocycles. The van der Waals surface area contributed by atoms with Crippen LogP contribution in [0.2, 0.25) is 0 Å². The lowest BCUT2D eigenvalue weighted by Crippen LogP contribution is -2.36. The highest BCUT2D eigenvalue weighted by molar-refractivity contribution is 6.07. The van der Waals surface area contributed by atoms with Crippen molar-refractivity contribution in [2.45, 2.75) is 91.1 Å². The Hall–Kier alpha value is -1.84. The van der Waals surface area contributed by atoms with Crippen LogP contribution in [-0.4, -0.2) is 23.9 Å². The van der Waals surface area contributed by atoms with Crippen LogP contribution < -0.4 is 10.6 Å². The summed E-state index contributed by atoms with van der Waals surface area (Å²) in [4.78, 5) is 25.2. The summed E-state index contributed by atoms with van der Waals surface area (Å²) in [5.74, 6) is -0.336. The first-order valence-electron chi connectivity index (χ1n) is 10.2. The number of hydrogen-bond donors (Lipinski definition) is 2. The highest BCUT2D eigenvalue weighted by atomic mass is 16.2. The topological polar surface area (TPSA) is 58.2 Å². The van der Waals surface area contributed by atoms with Crippen LogP contribution in [0.3, 0.4) is 0 Å². The molecule has 0 heterocycles. The number of benzene rings is 1. The first-order chi connectivity index (χ1) is 12.5. The molecule has 0 saturated heterocycles. The Morgan fingerprint density at radius 2 is 1.15 bits per heavy atom. The van der Waals surface area contributed by atoms with Crippen molar-refractivity contribution in [3.8, 4) is 0 Å². The summed E-state index contributed by atoms with van der Waals surface area (Å²) in [6.45, 7) is 8.38. The summed E-state index contributed by atoms with van der Waals surface area (Å²) in [7, 11) is 0. The van der Waals surface area contributed by atoms with Gasteiger partial charge in [0.25, 0.3) is 11.8 Å². The Bertz CT molecular complexity index is 508. The number of rotatable bonds is 12. The highest BCUT2D eigenvalue weighted by Gasteiger charge is 2.19. The van der Waals surface area contributed by atoms with Gasteiger partial charge in [0.2, 0.25) is 0 Å². The molecule has 4 nitrogen and oxygen atoms in total. The fourth-order valence-electron chi connectivity index (χ4n) is 3.03. The standard InChI is InChI=1S/C22H36N2O2/c1-5-7-9-13-17(3)23-21(25)19-15-11-12-16-20(19)22(26)24-18(4)14-10-8-6-2/h11-12,15-18H,5-10,13-14H2,1-4H3,(H,23,25)(H,24,26). The molecule has 1 rings (SSSR count). The lowest BCUT2D eigenvalue weighted by molar-refractivity contribution is 0.0903. The third-order valence-electron chi connectivity index (χ3n) is 4.65. The van der Waals surface area contributed by atoms with Crippen LogP contribution >= 0.6 is 0 Å². The van der Waals surface area contributed by atoms with Gasteiger partial charge in [-0.15, -0.1) is 0 Å². The van der Waals surface area contributed by atoms with Gasteiger partial charge < -0.3 is 10.6 Å². The summed E-state index contributed by atoms with van der Waals surface area (Å²) >= 11 is 0. The SMILES string of the molecule is CCCCCC(C)NC(=O)c1ccccc1C(=O)NC(C)CCCCC. The third-order valence-corrected chi connectivity index (χ3v) is 4.65. The second-order valence-electron chi connectivity index (χ2n) is 7.29. The predicted octanol–water partition coefficient (Wildman–Crippen LogP) is 5.08. The van der Waals surface area contributed by atoms with E-state index < -0.39 is 0 Å². The minimum Gasteiger partial charge on any atom is -0.350 e. The molecule has 1 aromatic carbocycles. The lowest BCUT2D eigenvalue weighted by Gasteiger charge is -2.17. The molecule has 0 saturated carbocycles. The van der Waals surface area contributed by atoms with Crippen LogP contribution in [0, 0.1) is 0 Å². The van der Waals surface area contributed by atoms with E-state index in [1.807, 2.05) is 13.8 Å². The molecule has 2 atom stereocenters. The van der Waals surface area contributed by atoms with Crippen LogP contribution in [0.15, 0.2) is 24.3 Å². The monoisotopic (exact) mass is 360 g/mol. The van der Waals surface area contributed by atoms with E-state index in [9.17, 15) is 9.59 Å². The van der Waals surface area contributed by atoms with Crippen LogP contribution in [0.4, 0.5) is 0 Å². The number of carbonyl (C=O) groups excluding carboxylic acids is 2. The molecule has 0 aromatic heterocycles. The fourth-order valence-corrected chi connectivity index (χ4v) is 3.03. The molecule has 26 heavy (non-hydrogen) atoms. The smallest absolute Gasteiger partial charge is 0.252 e. The maximum absolute atomic E-state index is 12.6. The van der Waals surface area contributed by atoms with E-state index >= 15 is 0 Å². The average Bonchev–Trinajstić information content (AvgIpc) is 2.62. The van der Waals surface area contributed by atoms with E-state index in [0.717, 1.165) is 25.7 Å². The van der Waals surface area contributed by atoms with E-state index in [2.05, 4.69) is 24.5 Å². The van der Waals surface area contributed by atoms with Crippen molar-refractivity contribution >= 4 is 11.8 Å². The molecular formula is C22H36N2O2. The van der Waals surface area contributed by atoms with Crippen molar-refractivity contribution in [2.75, 3.05) is 0 Å². The number of nitrogens with one attached hydrogen (secondary N) is 2. The Labute approximate surface area is 159 Å². The zero-order valence-electron chi connectivity index (χ0n) is 16.9. The van der Waals surface area contributed by atoms with Gasteiger partial charge in [0.1, 0.15) is 0 Å². The molecule has 2 N–H and O–H groups in total. The first-order valence-corrected chi connectivity index (χ1v) is 10.2. The van der Waals surface area contributed by atoms with Crippen molar-refractivity contribution in [1.29, 1.82) is 0 Å². The highest BCUT2D eigenvalue weighted by Crippen LogP contribution is 2.12. The van der Waals surface area contributed by atoms with Crippen LogP contribution in [0.1, 0.15) is 99.8 Å². The Morgan fingerprint density at radius 3 is 1.50 bits per heavy atom. The van der Waals surface area contributed by atoms with Gasteiger partial charge in [-0.25, -0.2) is 0 Å².